The van der Waals surface area contributed by atoms with Gasteiger partial charge in [-0.05, 0) is 0 Å². The van der Waals surface area contributed by atoms with Crippen LogP contribution in [0.5, 0.6) is 0 Å². The smallest absolute Gasteiger partial charge is 0.223 e. The van der Waals surface area contributed by atoms with Gasteiger partial charge in [-0.2, -0.15) is 0 Å². The highest BCUT2D eigenvalue weighted by atomic mass is 35.5. The molecule has 0 aliphatic carbocycles. The Morgan fingerprint density at radius 3 is 2.38 bits per heavy atom. The van der Waals surface area contributed by atoms with Gasteiger partial charge in [-0.1, -0.05) is 0 Å². The van der Waals surface area contributed by atoms with Gasteiger partial charge >= 0.3 is 0 Å². The van der Waals surface area contributed by atoms with Gasteiger partial charge in [0, 0.05) is 39.4 Å². The van der Waals surface area contributed by atoms with Gasteiger partial charge < -0.3 is 10.2 Å². The molecule has 5 heteroatoms. The Kier molecular flexibility index (Phi) is 6.32. The van der Waals surface area contributed by atoms with Crippen molar-refractivity contribution in [1.82, 2.24) is 10.2 Å². The van der Waals surface area contributed by atoms with Crippen LogP contribution in [-0.2, 0) is 9.59 Å². The van der Waals surface area contributed by atoms with Gasteiger partial charge in [0.25, 0.3) is 0 Å². The molecule has 0 saturated carbocycles. The zero-order chi connectivity index (χ0) is 10.3. The SMILES string of the molecule is CN(C)C(=O)CCNC(=O)CCCl. The van der Waals surface area contributed by atoms with Gasteiger partial charge in [0.2, 0.25) is 11.8 Å². The third kappa shape index (κ3) is 6.40. The monoisotopic (exact) mass is 206 g/mol. The van der Waals surface area contributed by atoms with Crippen molar-refractivity contribution in [3.8, 4) is 0 Å². The number of carbonyl (C=O) groups excluding carboxylic acids is 2. The fraction of sp³-hybridized carbons (Fsp3) is 0.750. The minimum Gasteiger partial charge on any atom is -0.356 e. The lowest BCUT2D eigenvalue weighted by molar-refractivity contribution is -0.128. The van der Waals surface area contributed by atoms with E-state index in [2.05, 4.69) is 5.32 Å². The summed E-state index contributed by atoms with van der Waals surface area (Å²) in [5, 5.41) is 2.60. The van der Waals surface area contributed by atoms with Crippen LogP contribution in [0.15, 0.2) is 0 Å². The van der Waals surface area contributed by atoms with Crippen LogP contribution in [-0.4, -0.2) is 43.2 Å². The number of hydrogen-bond donors (Lipinski definition) is 1. The van der Waals surface area contributed by atoms with Crippen LogP contribution >= 0.6 is 11.6 Å². The number of alkyl halides is 1. The lowest BCUT2D eigenvalue weighted by atomic mass is 10.3. The predicted octanol–water partition coefficient (Wildman–Crippen LogP) is 0.210. The zero-order valence-electron chi connectivity index (χ0n) is 7.97. The van der Waals surface area contributed by atoms with E-state index in [-0.39, 0.29) is 11.8 Å². The van der Waals surface area contributed by atoms with Gasteiger partial charge in [0.1, 0.15) is 0 Å². The van der Waals surface area contributed by atoms with Crippen molar-refractivity contribution in [2.75, 3.05) is 26.5 Å². The molecule has 0 spiro atoms. The van der Waals surface area contributed by atoms with Gasteiger partial charge in [-0.3, -0.25) is 9.59 Å². The highest BCUT2D eigenvalue weighted by Crippen LogP contribution is 1.87. The van der Waals surface area contributed by atoms with Gasteiger partial charge in [0.15, 0.2) is 0 Å². The minimum absolute atomic E-state index is 0.00572. The Morgan fingerprint density at radius 2 is 1.92 bits per heavy atom. The molecule has 0 aliphatic rings. The van der Waals surface area contributed by atoms with E-state index in [0.29, 0.717) is 25.3 Å². The lowest BCUT2D eigenvalue weighted by Crippen LogP contribution is -2.30. The summed E-state index contributed by atoms with van der Waals surface area (Å²) in [5.41, 5.74) is 0. The number of rotatable bonds is 5. The van der Waals surface area contributed by atoms with Crippen molar-refractivity contribution in [1.29, 1.82) is 0 Å². The number of halogens is 1. The summed E-state index contributed by atoms with van der Waals surface area (Å²) in [4.78, 5) is 23.4. The molecule has 0 rings (SSSR count). The highest BCUT2D eigenvalue weighted by Gasteiger charge is 2.04. The average Bonchev–Trinajstić information content (AvgIpc) is 2.04. The number of hydrogen-bond acceptors (Lipinski definition) is 2. The van der Waals surface area contributed by atoms with Crippen molar-refractivity contribution in [3.05, 3.63) is 0 Å². The van der Waals surface area contributed by atoms with E-state index in [1.807, 2.05) is 0 Å². The predicted molar refractivity (Wildman–Crippen MR) is 51.7 cm³/mol. The maximum Gasteiger partial charge on any atom is 0.223 e. The van der Waals surface area contributed by atoms with Gasteiger partial charge in [-0.25, -0.2) is 0 Å². The number of carbonyl (C=O) groups is 2. The molecule has 0 radical (unpaired) electrons. The van der Waals surface area contributed by atoms with Crippen LogP contribution < -0.4 is 5.32 Å². The molecule has 76 valence electrons. The first-order valence-electron chi connectivity index (χ1n) is 4.10. The van der Waals surface area contributed by atoms with Crippen molar-refractivity contribution in [2.45, 2.75) is 12.8 Å². The summed E-state index contributed by atoms with van der Waals surface area (Å²) >= 11 is 5.35. The Labute approximate surface area is 83.2 Å². The molecule has 0 aromatic rings. The lowest BCUT2D eigenvalue weighted by Gasteiger charge is -2.10. The topological polar surface area (TPSA) is 49.4 Å². The summed E-state index contributed by atoms with van der Waals surface area (Å²) in [6, 6.07) is 0. The fourth-order valence-electron chi connectivity index (χ4n) is 0.707. The second-order valence-electron chi connectivity index (χ2n) is 2.83. The minimum atomic E-state index is -0.110. The van der Waals surface area contributed by atoms with E-state index in [1.54, 1.807) is 14.1 Å². The van der Waals surface area contributed by atoms with Crippen molar-refractivity contribution < 1.29 is 9.59 Å². The van der Waals surface area contributed by atoms with E-state index >= 15 is 0 Å². The normalized spacial score (nSPS) is 9.46. The van der Waals surface area contributed by atoms with Crippen LogP contribution in [0.1, 0.15) is 12.8 Å². The first kappa shape index (κ1) is 12.2. The molecular formula is C8H15ClN2O2. The van der Waals surface area contributed by atoms with Crippen molar-refractivity contribution in [2.24, 2.45) is 0 Å². The maximum absolute atomic E-state index is 11.0. The molecule has 0 aliphatic heterocycles. The Bertz CT molecular complexity index is 183. The quantitative estimate of drug-likeness (QED) is 0.654. The summed E-state index contributed by atoms with van der Waals surface area (Å²) in [7, 11) is 3.37. The summed E-state index contributed by atoms with van der Waals surface area (Å²) < 4.78 is 0. The van der Waals surface area contributed by atoms with Crippen LogP contribution in [0.2, 0.25) is 0 Å². The molecule has 0 bridgehead atoms. The molecule has 0 unspecified atom stereocenters. The second-order valence-corrected chi connectivity index (χ2v) is 3.21. The Hall–Kier alpha value is -0.770. The molecule has 13 heavy (non-hydrogen) atoms. The summed E-state index contributed by atoms with van der Waals surface area (Å²) in [6.45, 7) is 0.382. The van der Waals surface area contributed by atoms with E-state index in [4.69, 9.17) is 11.6 Å². The van der Waals surface area contributed by atoms with Crippen LogP contribution in [0.25, 0.3) is 0 Å². The molecule has 4 nitrogen and oxygen atoms in total. The molecule has 0 fully saturated rings. The van der Waals surface area contributed by atoms with E-state index in [0.717, 1.165) is 0 Å². The first-order chi connectivity index (χ1) is 6.07. The molecule has 2 amide bonds. The summed E-state index contributed by atoms with van der Waals surface area (Å²) in [5.74, 6) is 0.209. The van der Waals surface area contributed by atoms with Crippen molar-refractivity contribution in [3.63, 3.8) is 0 Å². The van der Waals surface area contributed by atoms with Gasteiger partial charge in [0.05, 0.1) is 0 Å². The average molecular weight is 207 g/mol. The van der Waals surface area contributed by atoms with Crippen LogP contribution in [0.4, 0.5) is 0 Å². The molecule has 1 N–H and O–H groups in total. The van der Waals surface area contributed by atoms with Gasteiger partial charge in [-0.15, -0.1) is 11.6 Å². The van der Waals surface area contributed by atoms with Crippen LogP contribution in [0.3, 0.4) is 0 Å². The van der Waals surface area contributed by atoms with Crippen LogP contribution in [0, 0.1) is 0 Å². The Morgan fingerprint density at radius 1 is 1.31 bits per heavy atom. The summed E-state index contributed by atoms with van der Waals surface area (Å²) in [6.07, 6.45) is 0.638. The van der Waals surface area contributed by atoms with E-state index in [9.17, 15) is 9.59 Å². The van der Waals surface area contributed by atoms with E-state index in [1.165, 1.54) is 4.90 Å². The van der Waals surface area contributed by atoms with Crippen molar-refractivity contribution >= 4 is 23.4 Å². The third-order valence-electron chi connectivity index (χ3n) is 1.48. The van der Waals surface area contributed by atoms with E-state index < -0.39 is 0 Å². The Balaban J connectivity index is 3.45. The molecule has 0 heterocycles. The highest BCUT2D eigenvalue weighted by molar-refractivity contribution is 6.18. The molecule has 0 saturated heterocycles. The standard InChI is InChI=1S/C8H15ClN2O2/c1-11(2)8(13)4-6-10-7(12)3-5-9/h3-6H2,1-2H3,(H,10,12). The largest absolute Gasteiger partial charge is 0.356 e. The third-order valence-corrected chi connectivity index (χ3v) is 1.67. The zero-order valence-corrected chi connectivity index (χ0v) is 8.73. The second kappa shape index (κ2) is 6.71. The molecular weight excluding hydrogens is 192 g/mol. The number of nitrogens with zero attached hydrogens (tertiary/aromatic N) is 1. The molecule has 0 atom stereocenters. The number of nitrogens with one attached hydrogen (secondary N) is 1. The number of amides is 2. The maximum atomic E-state index is 11.0. The molecule has 0 aromatic carbocycles. The molecule has 0 aromatic heterocycles. The fourth-order valence-corrected chi connectivity index (χ4v) is 0.878. The first-order valence-corrected chi connectivity index (χ1v) is 4.64.